The van der Waals surface area contributed by atoms with Gasteiger partial charge in [0.25, 0.3) is 5.91 Å². The molecule has 2 amide bonds. The van der Waals surface area contributed by atoms with Crippen molar-refractivity contribution in [2.24, 2.45) is 5.92 Å². The Morgan fingerprint density at radius 3 is 2.30 bits per heavy atom. The maximum absolute atomic E-state index is 12.3. The Morgan fingerprint density at radius 1 is 1.00 bits per heavy atom. The summed E-state index contributed by atoms with van der Waals surface area (Å²) in [4.78, 5) is 40.2. The van der Waals surface area contributed by atoms with Crippen LogP contribution in [-0.4, -0.2) is 69.1 Å². The molecule has 1 saturated carbocycles. The van der Waals surface area contributed by atoms with Gasteiger partial charge in [-0.3, -0.25) is 14.4 Å². The quantitative estimate of drug-likeness (QED) is 0.678. The standard InChI is InChI=1S/C22H31N3O5/c1-29-19-9-7-18(8-10-19)24-11-13-25(14-12-24)20(26)16-30-21(27)15-23-22(28)17-5-3-2-4-6-17/h7-10,17H,2-6,11-16H2,1H3,(H,23,28). The summed E-state index contributed by atoms with van der Waals surface area (Å²) < 4.78 is 10.2. The van der Waals surface area contributed by atoms with E-state index in [1.807, 2.05) is 24.3 Å². The van der Waals surface area contributed by atoms with E-state index in [-0.39, 0.29) is 30.9 Å². The van der Waals surface area contributed by atoms with Gasteiger partial charge in [-0.15, -0.1) is 0 Å². The molecule has 0 bridgehead atoms. The molecule has 0 aromatic heterocycles. The molecule has 1 saturated heterocycles. The molecule has 0 unspecified atom stereocenters. The Morgan fingerprint density at radius 2 is 1.67 bits per heavy atom. The van der Waals surface area contributed by atoms with Gasteiger partial charge < -0.3 is 24.6 Å². The monoisotopic (exact) mass is 417 g/mol. The second-order valence-corrected chi connectivity index (χ2v) is 7.78. The average Bonchev–Trinajstić information content (AvgIpc) is 2.81. The molecule has 0 spiro atoms. The van der Waals surface area contributed by atoms with Crippen LogP contribution in [0.2, 0.25) is 0 Å². The predicted octanol–water partition coefficient (Wildman–Crippen LogP) is 1.58. The molecule has 1 aromatic rings. The number of esters is 1. The largest absolute Gasteiger partial charge is 0.497 e. The molecule has 0 atom stereocenters. The average molecular weight is 418 g/mol. The van der Waals surface area contributed by atoms with E-state index in [9.17, 15) is 14.4 Å². The number of carbonyl (C=O) groups excluding carboxylic acids is 3. The van der Waals surface area contributed by atoms with Crippen LogP contribution < -0.4 is 15.0 Å². The molecule has 2 fully saturated rings. The van der Waals surface area contributed by atoms with E-state index in [2.05, 4.69) is 10.2 Å². The van der Waals surface area contributed by atoms with Gasteiger partial charge in [0.2, 0.25) is 5.91 Å². The van der Waals surface area contributed by atoms with Gasteiger partial charge in [0.1, 0.15) is 12.3 Å². The molecule has 8 nitrogen and oxygen atoms in total. The smallest absolute Gasteiger partial charge is 0.325 e. The van der Waals surface area contributed by atoms with Crippen molar-refractivity contribution >= 4 is 23.5 Å². The highest BCUT2D eigenvalue weighted by Gasteiger charge is 2.24. The van der Waals surface area contributed by atoms with Gasteiger partial charge in [-0.05, 0) is 37.1 Å². The van der Waals surface area contributed by atoms with Gasteiger partial charge >= 0.3 is 5.97 Å². The van der Waals surface area contributed by atoms with Crippen LogP contribution in [0, 0.1) is 5.92 Å². The Labute approximate surface area is 177 Å². The van der Waals surface area contributed by atoms with Gasteiger partial charge in [-0.2, -0.15) is 0 Å². The zero-order valence-corrected chi connectivity index (χ0v) is 17.6. The molecule has 1 aromatic carbocycles. The van der Waals surface area contributed by atoms with Crippen LogP contribution in [-0.2, 0) is 19.1 Å². The van der Waals surface area contributed by atoms with Crippen LogP contribution in [0.1, 0.15) is 32.1 Å². The number of benzene rings is 1. The van der Waals surface area contributed by atoms with Crippen molar-refractivity contribution < 1.29 is 23.9 Å². The highest BCUT2D eigenvalue weighted by atomic mass is 16.5. The van der Waals surface area contributed by atoms with Crippen LogP contribution in [0.4, 0.5) is 5.69 Å². The SMILES string of the molecule is COc1ccc(N2CCN(C(=O)COC(=O)CNC(=O)C3CCCCC3)CC2)cc1. The van der Waals surface area contributed by atoms with Crippen LogP contribution in [0.3, 0.4) is 0 Å². The first kappa shape index (κ1) is 21.9. The summed E-state index contributed by atoms with van der Waals surface area (Å²) in [5.41, 5.74) is 1.09. The lowest BCUT2D eigenvalue weighted by atomic mass is 9.89. The van der Waals surface area contributed by atoms with Crippen LogP contribution in [0.25, 0.3) is 0 Å². The van der Waals surface area contributed by atoms with E-state index in [4.69, 9.17) is 9.47 Å². The molecule has 3 rings (SSSR count). The maximum Gasteiger partial charge on any atom is 0.325 e. The lowest BCUT2D eigenvalue weighted by Crippen LogP contribution is -2.50. The van der Waals surface area contributed by atoms with Crippen molar-refractivity contribution in [3.8, 4) is 5.75 Å². The van der Waals surface area contributed by atoms with Crippen molar-refractivity contribution in [2.75, 3.05) is 51.3 Å². The number of nitrogens with zero attached hydrogens (tertiary/aromatic N) is 2. The van der Waals surface area contributed by atoms with Gasteiger partial charge in [-0.1, -0.05) is 19.3 Å². The first-order chi connectivity index (χ1) is 14.6. The van der Waals surface area contributed by atoms with Gasteiger partial charge in [0, 0.05) is 37.8 Å². The number of hydrogen-bond donors (Lipinski definition) is 1. The fourth-order valence-corrected chi connectivity index (χ4v) is 3.96. The van der Waals surface area contributed by atoms with E-state index in [0.29, 0.717) is 26.2 Å². The first-order valence-electron chi connectivity index (χ1n) is 10.7. The zero-order chi connectivity index (χ0) is 21.3. The van der Waals surface area contributed by atoms with E-state index in [1.54, 1.807) is 12.0 Å². The third kappa shape index (κ3) is 6.11. The summed E-state index contributed by atoms with van der Waals surface area (Å²) in [5.74, 6) is -0.0761. The summed E-state index contributed by atoms with van der Waals surface area (Å²) in [5, 5.41) is 2.63. The minimum atomic E-state index is -0.579. The molecule has 1 N–H and O–H groups in total. The van der Waals surface area contributed by atoms with Crippen molar-refractivity contribution in [2.45, 2.75) is 32.1 Å². The number of ether oxygens (including phenoxy) is 2. The normalized spacial score (nSPS) is 17.4. The van der Waals surface area contributed by atoms with E-state index >= 15 is 0 Å². The number of carbonyl (C=O) groups is 3. The second-order valence-electron chi connectivity index (χ2n) is 7.78. The maximum atomic E-state index is 12.3. The number of nitrogens with one attached hydrogen (secondary N) is 1. The summed E-state index contributed by atoms with van der Waals surface area (Å²) in [7, 11) is 1.64. The van der Waals surface area contributed by atoms with E-state index in [1.165, 1.54) is 6.42 Å². The lowest BCUT2D eigenvalue weighted by Gasteiger charge is -2.36. The van der Waals surface area contributed by atoms with E-state index < -0.39 is 5.97 Å². The lowest BCUT2D eigenvalue weighted by molar-refractivity contribution is -0.152. The first-order valence-corrected chi connectivity index (χ1v) is 10.7. The fraction of sp³-hybridized carbons (Fsp3) is 0.591. The Balaban J connectivity index is 1.34. The molecule has 8 heteroatoms. The number of methoxy groups -OCH3 is 1. The van der Waals surface area contributed by atoms with E-state index in [0.717, 1.165) is 37.1 Å². The minimum Gasteiger partial charge on any atom is -0.497 e. The van der Waals surface area contributed by atoms with Crippen molar-refractivity contribution in [1.82, 2.24) is 10.2 Å². The summed E-state index contributed by atoms with van der Waals surface area (Å²) in [6.45, 7) is 2.09. The molecule has 2 aliphatic rings. The van der Waals surface area contributed by atoms with Crippen LogP contribution in [0.5, 0.6) is 5.75 Å². The fourth-order valence-electron chi connectivity index (χ4n) is 3.96. The molecular weight excluding hydrogens is 386 g/mol. The topological polar surface area (TPSA) is 88.2 Å². The highest BCUT2D eigenvalue weighted by molar-refractivity contribution is 5.85. The summed E-state index contributed by atoms with van der Waals surface area (Å²) >= 11 is 0. The van der Waals surface area contributed by atoms with Crippen molar-refractivity contribution in [1.29, 1.82) is 0 Å². The van der Waals surface area contributed by atoms with Gasteiger partial charge in [0.05, 0.1) is 7.11 Å². The minimum absolute atomic E-state index is 0.00446. The number of anilines is 1. The van der Waals surface area contributed by atoms with Crippen molar-refractivity contribution in [3.63, 3.8) is 0 Å². The number of hydrogen-bond acceptors (Lipinski definition) is 6. The molecule has 0 radical (unpaired) electrons. The summed E-state index contributed by atoms with van der Waals surface area (Å²) in [6, 6.07) is 7.83. The van der Waals surface area contributed by atoms with Gasteiger partial charge in [0.15, 0.2) is 6.61 Å². The highest BCUT2D eigenvalue weighted by Crippen LogP contribution is 2.23. The Hall–Kier alpha value is -2.77. The van der Waals surface area contributed by atoms with Crippen LogP contribution in [0.15, 0.2) is 24.3 Å². The molecule has 1 aliphatic carbocycles. The number of piperazine rings is 1. The predicted molar refractivity (Wildman–Crippen MR) is 112 cm³/mol. The Kier molecular flexibility index (Phi) is 7.93. The molecule has 1 aliphatic heterocycles. The van der Waals surface area contributed by atoms with Crippen molar-refractivity contribution in [3.05, 3.63) is 24.3 Å². The molecule has 164 valence electrons. The number of amides is 2. The molecular formula is C22H31N3O5. The Bertz CT molecular complexity index is 723. The zero-order valence-electron chi connectivity index (χ0n) is 17.6. The third-order valence-electron chi connectivity index (χ3n) is 5.81. The van der Waals surface area contributed by atoms with Gasteiger partial charge in [-0.25, -0.2) is 0 Å². The number of rotatable bonds is 7. The molecule has 1 heterocycles. The second kappa shape index (κ2) is 10.8. The summed E-state index contributed by atoms with van der Waals surface area (Å²) in [6.07, 6.45) is 5.04. The third-order valence-corrected chi connectivity index (χ3v) is 5.81. The van der Waals surface area contributed by atoms with Crippen LogP contribution >= 0.6 is 0 Å². The molecule has 30 heavy (non-hydrogen) atoms.